The van der Waals surface area contributed by atoms with Crippen molar-refractivity contribution in [3.05, 3.63) is 70.8 Å². The zero-order valence-corrected chi connectivity index (χ0v) is 18.1. The van der Waals surface area contributed by atoms with Crippen molar-refractivity contribution in [2.75, 3.05) is 34.8 Å². The molecule has 1 aromatic carbocycles. The number of halogens is 1. The standard InChI is InChI=1S/C22H23ClN4OS/c1-15-12-19(16(2)27(15)18-4-3-7-24-14-18)22(28)25-17-5-6-21(20(23)13-17)26-8-10-29-11-9-26/h3-7,12-14H,8-11H2,1-2H3,(H,25,28). The lowest BCUT2D eigenvalue weighted by Crippen LogP contribution is -2.32. The zero-order chi connectivity index (χ0) is 20.4. The number of aromatic nitrogens is 2. The van der Waals surface area contributed by atoms with Crippen LogP contribution in [0.2, 0.25) is 5.02 Å². The molecule has 29 heavy (non-hydrogen) atoms. The van der Waals surface area contributed by atoms with Crippen LogP contribution in [0.4, 0.5) is 11.4 Å². The van der Waals surface area contributed by atoms with Crippen molar-refractivity contribution in [3.8, 4) is 5.69 Å². The largest absolute Gasteiger partial charge is 0.369 e. The first kappa shape index (κ1) is 19.9. The molecule has 1 saturated heterocycles. The molecule has 5 nitrogen and oxygen atoms in total. The Kier molecular flexibility index (Phi) is 5.83. The third-order valence-corrected chi connectivity index (χ3v) is 6.38. The van der Waals surface area contributed by atoms with Gasteiger partial charge in [0.1, 0.15) is 0 Å². The van der Waals surface area contributed by atoms with Gasteiger partial charge in [0.15, 0.2) is 0 Å². The third kappa shape index (κ3) is 4.14. The van der Waals surface area contributed by atoms with E-state index in [-0.39, 0.29) is 5.91 Å². The van der Waals surface area contributed by atoms with Crippen LogP contribution < -0.4 is 10.2 Å². The molecule has 1 N–H and O–H groups in total. The molecule has 150 valence electrons. The molecular formula is C22H23ClN4OS. The number of rotatable bonds is 4. The molecule has 4 rings (SSSR count). The fourth-order valence-corrected chi connectivity index (χ4v) is 4.92. The number of pyridine rings is 1. The molecule has 1 amide bonds. The van der Waals surface area contributed by atoms with E-state index in [4.69, 9.17) is 11.6 Å². The molecular weight excluding hydrogens is 404 g/mol. The fraction of sp³-hybridized carbons (Fsp3) is 0.273. The lowest BCUT2D eigenvalue weighted by molar-refractivity contribution is 0.102. The number of nitrogens with one attached hydrogen (secondary N) is 1. The maximum atomic E-state index is 12.9. The summed E-state index contributed by atoms with van der Waals surface area (Å²) < 4.78 is 2.03. The van der Waals surface area contributed by atoms with Gasteiger partial charge in [-0.2, -0.15) is 11.8 Å². The van der Waals surface area contributed by atoms with Gasteiger partial charge in [-0.3, -0.25) is 9.78 Å². The summed E-state index contributed by atoms with van der Waals surface area (Å²) in [5, 5.41) is 3.65. The van der Waals surface area contributed by atoms with Gasteiger partial charge >= 0.3 is 0 Å². The van der Waals surface area contributed by atoms with Gasteiger partial charge in [0.05, 0.1) is 28.2 Å². The summed E-state index contributed by atoms with van der Waals surface area (Å²) in [6, 6.07) is 11.5. The van der Waals surface area contributed by atoms with Crippen LogP contribution in [0.25, 0.3) is 5.69 Å². The third-order valence-electron chi connectivity index (χ3n) is 5.14. The molecule has 7 heteroatoms. The Hall–Kier alpha value is -2.44. The number of hydrogen-bond donors (Lipinski definition) is 1. The summed E-state index contributed by atoms with van der Waals surface area (Å²) in [5.74, 6) is 2.08. The lowest BCUT2D eigenvalue weighted by atomic mass is 10.2. The first-order valence-electron chi connectivity index (χ1n) is 9.57. The van der Waals surface area contributed by atoms with Crippen molar-refractivity contribution in [2.24, 2.45) is 0 Å². The van der Waals surface area contributed by atoms with Gasteiger partial charge in [-0.15, -0.1) is 0 Å². The Labute approximate surface area is 180 Å². The summed E-state index contributed by atoms with van der Waals surface area (Å²) in [4.78, 5) is 19.4. The van der Waals surface area contributed by atoms with Crippen LogP contribution >= 0.6 is 23.4 Å². The van der Waals surface area contributed by atoms with Gasteiger partial charge in [-0.05, 0) is 50.2 Å². The maximum Gasteiger partial charge on any atom is 0.257 e. The van der Waals surface area contributed by atoms with Crippen LogP contribution in [-0.4, -0.2) is 40.1 Å². The van der Waals surface area contributed by atoms with Gasteiger partial charge in [0.25, 0.3) is 5.91 Å². The van der Waals surface area contributed by atoms with E-state index in [1.807, 2.05) is 66.6 Å². The van der Waals surface area contributed by atoms with Gasteiger partial charge in [-0.25, -0.2) is 0 Å². The van der Waals surface area contributed by atoms with E-state index in [1.165, 1.54) is 0 Å². The minimum atomic E-state index is -0.147. The SMILES string of the molecule is Cc1cc(C(=O)Nc2ccc(N3CCSCC3)c(Cl)c2)c(C)n1-c1cccnc1. The number of amides is 1. The van der Waals surface area contributed by atoms with Crippen LogP contribution in [0, 0.1) is 13.8 Å². The first-order chi connectivity index (χ1) is 14.0. The zero-order valence-electron chi connectivity index (χ0n) is 16.5. The Balaban J connectivity index is 1.55. The van der Waals surface area contributed by atoms with E-state index >= 15 is 0 Å². The topological polar surface area (TPSA) is 50.2 Å². The van der Waals surface area contributed by atoms with Crippen molar-refractivity contribution < 1.29 is 4.79 Å². The highest BCUT2D eigenvalue weighted by Crippen LogP contribution is 2.31. The average molecular weight is 427 g/mol. The molecule has 3 aromatic rings. The summed E-state index contributed by atoms with van der Waals surface area (Å²) in [7, 11) is 0. The fourth-order valence-electron chi connectivity index (χ4n) is 3.72. The predicted octanol–water partition coefficient (Wildman–Crippen LogP) is 4.95. The molecule has 2 aromatic heterocycles. The number of benzene rings is 1. The molecule has 0 atom stereocenters. The van der Waals surface area contributed by atoms with E-state index in [2.05, 4.69) is 15.2 Å². The van der Waals surface area contributed by atoms with Crippen molar-refractivity contribution in [1.82, 2.24) is 9.55 Å². The Morgan fingerprint density at radius 2 is 1.97 bits per heavy atom. The minimum absolute atomic E-state index is 0.147. The molecule has 0 bridgehead atoms. The summed E-state index contributed by atoms with van der Waals surface area (Å²) >= 11 is 8.49. The van der Waals surface area contributed by atoms with Crippen LogP contribution in [-0.2, 0) is 0 Å². The molecule has 0 radical (unpaired) electrons. The Bertz CT molecular complexity index is 1030. The molecule has 1 aliphatic rings. The van der Waals surface area contributed by atoms with E-state index in [0.29, 0.717) is 16.3 Å². The molecule has 1 aliphatic heterocycles. The average Bonchev–Trinajstić information content (AvgIpc) is 3.03. The summed E-state index contributed by atoms with van der Waals surface area (Å²) in [5.41, 5.74) is 5.16. The molecule has 0 aliphatic carbocycles. The van der Waals surface area contributed by atoms with Crippen molar-refractivity contribution >= 4 is 40.6 Å². The number of carbonyl (C=O) groups is 1. The molecule has 0 unspecified atom stereocenters. The van der Waals surface area contributed by atoms with Crippen LogP contribution in [0.5, 0.6) is 0 Å². The van der Waals surface area contributed by atoms with E-state index in [0.717, 1.165) is 47.4 Å². The smallest absolute Gasteiger partial charge is 0.257 e. The quantitative estimate of drug-likeness (QED) is 0.641. The van der Waals surface area contributed by atoms with Crippen molar-refractivity contribution in [2.45, 2.75) is 13.8 Å². The maximum absolute atomic E-state index is 12.9. The number of aryl methyl sites for hydroxylation is 1. The van der Waals surface area contributed by atoms with Crippen LogP contribution in [0.1, 0.15) is 21.7 Å². The van der Waals surface area contributed by atoms with Crippen LogP contribution in [0.15, 0.2) is 48.8 Å². The number of hydrogen-bond acceptors (Lipinski definition) is 4. The second kappa shape index (κ2) is 8.51. The molecule has 1 fully saturated rings. The van der Waals surface area contributed by atoms with Gasteiger partial charge in [0.2, 0.25) is 0 Å². The number of carbonyl (C=O) groups excluding carboxylic acids is 1. The van der Waals surface area contributed by atoms with Crippen molar-refractivity contribution in [1.29, 1.82) is 0 Å². The van der Waals surface area contributed by atoms with E-state index in [9.17, 15) is 4.79 Å². The van der Waals surface area contributed by atoms with Crippen LogP contribution in [0.3, 0.4) is 0 Å². The molecule has 0 spiro atoms. The number of nitrogens with zero attached hydrogens (tertiary/aromatic N) is 3. The first-order valence-corrected chi connectivity index (χ1v) is 11.1. The summed E-state index contributed by atoms with van der Waals surface area (Å²) in [6.45, 7) is 5.92. The Morgan fingerprint density at radius 1 is 1.17 bits per heavy atom. The van der Waals surface area contributed by atoms with Gasteiger partial charge in [0, 0.05) is 47.9 Å². The molecule has 0 saturated carbocycles. The normalized spacial score (nSPS) is 14.1. The molecule has 3 heterocycles. The number of thioether (sulfide) groups is 1. The summed E-state index contributed by atoms with van der Waals surface area (Å²) in [6.07, 6.45) is 3.53. The minimum Gasteiger partial charge on any atom is -0.369 e. The predicted molar refractivity (Wildman–Crippen MR) is 122 cm³/mol. The van der Waals surface area contributed by atoms with Crippen molar-refractivity contribution in [3.63, 3.8) is 0 Å². The Morgan fingerprint density at radius 3 is 2.66 bits per heavy atom. The highest BCUT2D eigenvalue weighted by Gasteiger charge is 2.18. The van der Waals surface area contributed by atoms with E-state index in [1.54, 1.807) is 12.4 Å². The van der Waals surface area contributed by atoms with Gasteiger partial charge < -0.3 is 14.8 Å². The van der Waals surface area contributed by atoms with Gasteiger partial charge in [-0.1, -0.05) is 11.6 Å². The number of anilines is 2. The second-order valence-corrected chi connectivity index (χ2v) is 8.68. The lowest BCUT2D eigenvalue weighted by Gasteiger charge is -2.29. The highest BCUT2D eigenvalue weighted by atomic mass is 35.5. The highest BCUT2D eigenvalue weighted by molar-refractivity contribution is 7.99. The second-order valence-electron chi connectivity index (χ2n) is 7.05. The monoisotopic (exact) mass is 426 g/mol. The van der Waals surface area contributed by atoms with E-state index < -0.39 is 0 Å².